The van der Waals surface area contributed by atoms with Crippen LogP contribution in [-0.2, 0) is 27.8 Å². The van der Waals surface area contributed by atoms with Gasteiger partial charge in [0.15, 0.2) is 0 Å². The molecule has 2 aromatic carbocycles. The number of hydroxylamine groups is 1. The van der Waals surface area contributed by atoms with Gasteiger partial charge in [0.2, 0.25) is 10.0 Å². The topological polar surface area (TPSA) is 125 Å². The van der Waals surface area contributed by atoms with E-state index in [9.17, 15) is 18.4 Å². The third kappa shape index (κ3) is 5.86. The van der Waals surface area contributed by atoms with Gasteiger partial charge >= 0.3 is 0 Å². The van der Waals surface area contributed by atoms with E-state index in [4.69, 9.17) is 4.74 Å². The van der Waals surface area contributed by atoms with E-state index in [2.05, 4.69) is 9.97 Å². The smallest absolute Gasteiger partial charge is 0.262 e. The molecule has 0 aliphatic rings. The van der Waals surface area contributed by atoms with E-state index in [-0.39, 0.29) is 30.3 Å². The molecule has 1 unspecified atom stereocenters. The van der Waals surface area contributed by atoms with Crippen molar-refractivity contribution in [2.24, 2.45) is 0 Å². The number of H-pyrrole nitrogens is 1. The van der Waals surface area contributed by atoms with E-state index in [0.29, 0.717) is 22.8 Å². The van der Waals surface area contributed by atoms with Crippen LogP contribution in [0.5, 0.6) is 5.75 Å². The Hall–Kier alpha value is -2.92. The van der Waals surface area contributed by atoms with Crippen molar-refractivity contribution in [3.05, 3.63) is 77.9 Å². The molecule has 3 rings (SSSR count). The Morgan fingerprint density at radius 2 is 1.84 bits per heavy atom. The second kappa shape index (κ2) is 11.1. The first-order valence-corrected chi connectivity index (χ1v) is 10.9. The van der Waals surface area contributed by atoms with Gasteiger partial charge in [0.25, 0.3) is 5.91 Å². The molecule has 0 radical (unpaired) electrons. The molecule has 32 heavy (non-hydrogen) atoms. The number of imidazole rings is 1. The maximum atomic E-state index is 13.6. The van der Waals surface area contributed by atoms with Crippen molar-refractivity contribution in [2.75, 3.05) is 7.11 Å². The van der Waals surface area contributed by atoms with Gasteiger partial charge in [0.1, 0.15) is 17.6 Å². The Morgan fingerprint density at radius 1 is 1.19 bits per heavy atom. The van der Waals surface area contributed by atoms with Crippen molar-refractivity contribution >= 4 is 28.3 Å². The molecule has 1 atom stereocenters. The van der Waals surface area contributed by atoms with Crippen LogP contribution in [0.3, 0.4) is 0 Å². The molecule has 3 N–H and O–H groups in total. The fourth-order valence-electron chi connectivity index (χ4n) is 3.19. The lowest BCUT2D eigenvalue weighted by Gasteiger charge is -2.29. The minimum absolute atomic E-state index is 0. The molecule has 1 heterocycles. The highest BCUT2D eigenvalue weighted by molar-refractivity contribution is 7.89. The molecule has 0 aliphatic carbocycles. The normalized spacial score (nSPS) is 12.1. The first kappa shape index (κ1) is 25.3. The molecule has 0 aliphatic heterocycles. The summed E-state index contributed by atoms with van der Waals surface area (Å²) < 4.78 is 33.4. The van der Waals surface area contributed by atoms with Crippen LogP contribution in [0.15, 0.2) is 65.7 Å². The van der Waals surface area contributed by atoms with Crippen LogP contribution in [-0.4, -0.2) is 47.0 Å². The van der Waals surface area contributed by atoms with Gasteiger partial charge in [-0.2, -0.15) is 4.31 Å². The van der Waals surface area contributed by atoms with Crippen molar-refractivity contribution in [2.45, 2.75) is 30.8 Å². The van der Waals surface area contributed by atoms with Crippen LogP contribution in [0.25, 0.3) is 0 Å². The van der Waals surface area contributed by atoms with Gasteiger partial charge in [-0.3, -0.25) is 10.0 Å². The number of nitrogens with zero attached hydrogens (tertiary/aromatic N) is 2. The first-order valence-electron chi connectivity index (χ1n) is 9.49. The molecule has 11 heteroatoms. The summed E-state index contributed by atoms with van der Waals surface area (Å²) in [5, 5.41) is 9.34. The lowest BCUT2D eigenvalue weighted by Crippen LogP contribution is -2.49. The number of nitrogens with one attached hydrogen (secondary N) is 2. The van der Waals surface area contributed by atoms with Crippen LogP contribution in [0, 0.1) is 6.92 Å². The molecule has 0 saturated carbocycles. The number of aryl methyl sites for hydroxylation is 1. The van der Waals surface area contributed by atoms with Crippen molar-refractivity contribution in [1.82, 2.24) is 19.8 Å². The third-order valence-corrected chi connectivity index (χ3v) is 6.65. The molecule has 3 aromatic rings. The summed E-state index contributed by atoms with van der Waals surface area (Å²) in [6, 6.07) is 13.6. The lowest BCUT2D eigenvalue weighted by molar-refractivity contribution is -0.133. The van der Waals surface area contributed by atoms with Gasteiger partial charge in [-0.05, 0) is 36.8 Å². The number of rotatable bonds is 9. The first-order chi connectivity index (χ1) is 14.8. The van der Waals surface area contributed by atoms with Crippen LogP contribution in [0.4, 0.5) is 0 Å². The van der Waals surface area contributed by atoms with Crippen molar-refractivity contribution in [3.63, 3.8) is 0 Å². The second-order valence-electron chi connectivity index (χ2n) is 6.90. The number of halogens is 1. The molecule has 0 saturated heterocycles. The Labute approximate surface area is 192 Å². The molecule has 0 bridgehead atoms. The van der Waals surface area contributed by atoms with E-state index >= 15 is 0 Å². The predicted molar refractivity (Wildman–Crippen MR) is 120 cm³/mol. The summed E-state index contributed by atoms with van der Waals surface area (Å²) in [6.07, 6.45) is 1.53. The van der Waals surface area contributed by atoms with E-state index in [0.717, 1.165) is 4.31 Å². The van der Waals surface area contributed by atoms with E-state index in [1.165, 1.54) is 37.6 Å². The summed E-state index contributed by atoms with van der Waals surface area (Å²) in [5.41, 5.74) is 2.86. The summed E-state index contributed by atoms with van der Waals surface area (Å²) >= 11 is 0. The average molecular weight is 481 g/mol. The van der Waals surface area contributed by atoms with Crippen LogP contribution >= 0.6 is 12.4 Å². The number of sulfonamides is 1. The highest BCUT2D eigenvalue weighted by Crippen LogP contribution is 2.25. The quantitative estimate of drug-likeness (QED) is 0.319. The van der Waals surface area contributed by atoms with Crippen molar-refractivity contribution in [3.8, 4) is 5.75 Å². The minimum Gasteiger partial charge on any atom is -0.497 e. The van der Waals surface area contributed by atoms with Gasteiger partial charge in [0.05, 0.1) is 12.0 Å². The zero-order valence-electron chi connectivity index (χ0n) is 17.6. The SMILES string of the molecule is COc1ccc(S(=O)(=O)N(Cc2ccccc2)C(Cc2cnc(C)[nH]2)C(=O)NO)cc1.Cl. The zero-order valence-corrected chi connectivity index (χ0v) is 19.2. The van der Waals surface area contributed by atoms with E-state index in [1.54, 1.807) is 36.7 Å². The van der Waals surface area contributed by atoms with Crippen molar-refractivity contribution < 1.29 is 23.2 Å². The van der Waals surface area contributed by atoms with Crippen LogP contribution < -0.4 is 10.2 Å². The molecule has 9 nitrogen and oxygen atoms in total. The number of methoxy groups -OCH3 is 1. The molecular formula is C21H25ClN4O5S. The van der Waals surface area contributed by atoms with Gasteiger partial charge in [-0.15, -0.1) is 12.4 Å². The molecule has 1 aromatic heterocycles. The predicted octanol–water partition coefficient (Wildman–Crippen LogP) is 2.46. The standard InChI is InChI=1S/C21H24N4O5S.ClH/c1-15-22-13-17(23-15)12-20(21(26)24-27)25(14-16-6-4-3-5-7-16)31(28,29)19-10-8-18(30-2)9-11-19;/h3-11,13,20,27H,12,14H2,1-2H3,(H,22,23)(H,24,26);1H. The van der Waals surface area contributed by atoms with Crippen LogP contribution in [0.1, 0.15) is 17.1 Å². The highest BCUT2D eigenvalue weighted by Gasteiger charge is 2.36. The fourth-order valence-corrected chi connectivity index (χ4v) is 4.77. The van der Waals surface area contributed by atoms with E-state index < -0.39 is 22.0 Å². The largest absolute Gasteiger partial charge is 0.497 e. The molecular weight excluding hydrogens is 456 g/mol. The summed E-state index contributed by atoms with van der Waals surface area (Å²) in [4.78, 5) is 19.7. The number of ether oxygens (including phenoxy) is 1. The zero-order chi connectivity index (χ0) is 22.4. The Balaban J connectivity index is 0.00000363. The fraction of sp³-hybridized carbons (Fsp3) is 0.238. The van der Waals surface area contributed by atoms with Gasteiger partial charge in [0, 0.05) is 24.9 Å². The van der Waals surface area contributed by atoms with Crippen LogP contribution in [0.2, 0.25) is 0 Å². The number of amides is 1. The van der Waals surface area contributed by atoms with Gasteiger partial charge in [-0.25, -0.2) is 18.9 Å². The van der Waals surface area contributed by atoms with E-state index in [1.807, 2.05) is 6.07 Å². The maximum absolute atomic E-state index is 13.6. The molecule has 1 amide bonds. The molecule has 0 spiro atoms. The number of aromatic amines is 1. The Bertz CT molecular complexity index is 1120. The van der Waals surface area contributed by atoms with Gasteiger partial charge in [-0.1, -0.05) is 30.3 Å². The number of aromatic nitrogens is 2. The number of carbonyl (C=O) groups excluding carboxylic acids is 1. The number of hydrogen-bond acceptors (Lipinski definition) is 6. The summed E-state index contributed by atoms with van der Waals surface area (Å²) in [5.74, 6) is 0.289. The number of hydrogen-bond donors (Lipinski definition) is 3. The Morgan fingerprint density at radius 3 is 2.38 bits per heavy atom. The van der Waals surface area contributed by atoms with Gasteiger partial charge < -0.3 is 9.72 Å². The Kier molecular flexibility index (Phi) is 8.79. The highest BCUT2D eigenvalue weighted by atomic mass is 35.5. The minimum atomic E-state index is -4.12. The number of benzene rings is 2. The summed E-state index contributed by atoms with van der Waals surface area (Å²) in [6.45, 7) is 1.68. The average Bonchev–Trinajstić information content (AvgIpc) is 3.21. The lowest BCUT2D eigenvalue weighted by atomic mass is 10.1. The second-order valence-corrected chi connectivity index (χ2v) is 8.79. The van der Waals surface area contributed by atoms with Crippen molar-refractivity contribution in [1.29, 1.82) is 0 Å². The summed E-state index contributed by atoms with van der Waals surface area (Å²) in [7, 11) is -2.64. The monoisotopic (exact) mass is 480 g/mol. The molecule has 172 valence electrons. The molecule has 0 fully saturated rings. The number of carbonyl (C=O) groups is 1. The third-order valence-electron chi connectivity index (χ3n) is 4.78. The maximum Gasteiger partial charge on any atom is 0.262 e.